The molecule has 3 aromatic carbocycles. The molecule has 3 amide bonds. The molecule has 2 aliphatic heterocycles. The Morgan fingerprint density at radius 1 is 0.857 bits per heavy atom. The molecule has 4 atom stereocenters. The van der Waals surface area contributed by atoms with E-state index in [-0.39, 0.29) is 29.8 Å². The van der Waals surface area contributed by atoms with E-state index in [1.165, 1.54) is 0 Å². The van der Waals surface area contributed by atoms with Crippen LogP contribution >= 0.6 is 0 Å². The minimum atomic E-state index is -0.757. The number of benzene rings is 3. The number of hydrogen-bond donors (Lipinski definition) is 3. The summed E-state index contributed by atoms with van der Waals surface area (Å²) in [5.74, 6) is -0.594. The van der Waals surface area contributed by atoms with Crippen molar-refractivity contribution < 1.29 is 14.4 Å². The van der Waals surface area contributed by atoms with E-state index in [4.69, 9.17) is 0 Å². The van der Waals surface area contributed by atoms with Crippen LogP contribution < -0.4 is 16.0 Å². The standard InChI is InChI=1S/C34H41N5O3/c1-24(35-2)32(40)36-29-23-38(22-25-12-6-3-7-13-25)21-20-28-18-19-30(39(28)34(29)42)33(41)37-31(26-14-8-4-9-15-26)27-16-10-5-11-17-27/h3-17,24,28-31,35H,18-23H2,1-2H3,(H,36,40)(H,37,41)/t24-,28+,29-,30+/m0/s1. The van der Waals surface area contributed by atoms with Gasteiger partial charge >= 0.3 is 0 Å². The van der Waals surface area contributed by atoms with Gasteiger partial charge in [-0.25, -0.2) is 0 Å². The van der Waals surface area contributed by atoms with Crippen molar-refractivity contribution in [3.8, 4) is 0 Å². The van der Waals surface area contributed by atoms with Crippen LogP contribution in [0.1, 0.15) is 48.9 Å². The Labute approximate surface area is 248 Å². The molecule has 2 aliphatic rings. The first-order chi connectivity index (χ1) is 20.4. The Balaban J connectivity index is 1.39. The van der Waals surface area contributed by atoms with Crippen molar-refractivity contribution in [2.24, 2.45) is 0 Å². The number of hydrogen-bond acceptors (Lipinski definition) is 5. The summed E-state index contributed by atoms with van der Waals surface area (Å²) >= 11 is 0. The zero-order valence-corrected chi connectivity index (χ0v) is 24.4. The zero-order valence-electron chi connectivity index (χ0n) is 24.4. The molecular weight excluding hydrogens is 526 g/mol. The predicted molar refractivity (Wildman–Crippen MR) is 163 cm³/mol. The molecule has 0 spiro atoms. The lowest BCUT2D eigenvalue weighted by molar-refractivity contribution is -0.145. The van der Waals surface area contributed by atoms with Crippen molar-refractivity contribution in [3.05, 3.63) is 108 Å². The lowest BCUT2D eigenvalue weighted by atomic mass is 9.98. The van der Waals surface area contributed by atoms with Crippen LogP contribution in [0.15, 0.2) is 91.0 Å². The third-order valence-corrected chi connectivity index (χ3v) is 8.52. The summed E-state index contributed by atoms with van der Waals surface area (Å²) in [4.78, 5) is 45.2. The number of carbonyl (C=O) groups excluding carboxylic acids is 3. The van der Waals surface area contributed by atoms with E-state index < -0.39 is 18.1 Å². The van der Waals surface area contributed by atoms with Gasteiger partial charge in [0.2, 0.25) is 17.7 Å². The van der Waals surface area contributed by atoms with Crippen LogP contribution in [0.2, 0.25) is 0 Å². The topological polar surface area (TPSA) is 93.8 Å². The predicted octanol–water partition coefficient (Wildman–Crippen LogP) is 3.25. The molecule has 8 heteroatoms. The van der Waals surface area contributed by atoms with Crippen LogP contribution in [0.25, 0.3) is 0 Å². The number of nitrogens with one attached hydrogen (secondary N) is 3. The Morgan fingerprint density at radius 3 is 2.05 bits per heavy atom. The maximum atomic E-state index is 14.2. The molecule has 2 heterocycles. The van der Waals surface area contributed by atoms with E-state index in [9.17, 15) is 14.4 Å². The van der Waals surface area contributed by atoms with Crippen molar-refractivity contribution in [1.29, 1.82) is 0 Å². The summed E-state index contributed by atoms with van der Waals surface area (Å²) in [7, 11) is 1.72. The van der Waals surface area contributed by atoms with Gasteiger partial charge < -0.3 is 20.9 Å². The Morgan fingerprint density at radius 2 is 1.45 bits per heavy atom. The van der Waals surface area contributed by atoms with Gasteiger partial charge in [-0.2, -0.15) is 0 Å². The smallest absolute Gasteiger partial charge is 0.247 e. The first-order valence-corrected chi connectivity index (χ1v) is 14.9. The van der Waals surface area contributed by atoms with E-state index in [0.29, 0.717) is 19.5 Å². The number of likely N-dealkylation sites (N-methyl/N-ethyl adjacent to an activating group) is 1. The molecule has 0 unspecified atom stereocenters. The lowest BCUT2D eigenvalue weighted by Crippen LogP contribution is -2.61. The molecule has 220 valence electrons. The Bertz CT molecular complexity index is 1300. The van der Waals surface area contributed by atoms with Gasteiger partial charge in [-0.15, -0.1) is 0 Å². The van der Waals surface area contributed by atoms with Gasteiger partial charge in [0.15, 0.2) is 0 Å². The molecular formula is C34H41N5O3. The fourth-order valence-corrected chi connectivity index (χ4v) is 6.11. The second-order valence-corrected chi connectivity index (χ2v) is 11.3. The maximum absolute atomic E-state index is 14.2. The monoisotopic (exact) mass is 567 g/mol. The number of rotatable bonds is 9. The SMILES string of the molecule is CN[C@@H](C)C(=O)N[C@H]1CN(Cc2ccccc2)CC[C@H]2CC[C@H](C(=O)NC(c3ccccc3)c3ccccc3)N2C1=O. The molecule has 2 saturated heterocycles. The summed E-state index contributed by atoms with van der Waals surface area (Å²) < 4.78 is 0. The molecule has 0 saturated carbocycles. The maximum Gasteiger partial charge on any atom is 0.247 e. The molecule has 0 radical (unpaired) electrons. The molecule has 0 bridgehead atoms. The first kappa shape index (κ1) is 29.5. The number of fused-ring (bicyclic) bond motifs is 1. The van der Waals surface area contributed by atoms with Gasteiger partial charge in [-0.05, 0) is 49.9 Å². The highest BCUT2D eigenvalue weighted by Crippen LogP contribution is 2.31. The molecule has 2 fully saturated rings. The van der Waals surface area contributed by atoms with Gasteiger partial charge in [-0.3, -0.25) is 19.3 Å². The second-order valence-electron chi connectivity index (χ2n) is 11.3. The molecule has 3 N–H and O–H groups in total. The molecule has 5 rings (SSSR count). The molecule has 42 heavy (non-hydrogen) atoms. The average molecular weight is 568 g/mol. The Hall–Kier alpha value is -4.01. The van der Waals surface area contributed by atoms with Crippen molar-refractivity contribution in [2.45, 2.75) is 62.9 Å². The van der Waals surface area contributed by atoms with E-state index in [1.807, 2.05) is 78.9 Å². The van der Waals surface area contributed by atoms with Crippen LogP contribution in [0.4, 0.5) is 0 Å². The number of carbonyl (C=O) groups is 3. The largest absolute Gasteiger partial charge is 0.343 e. The fraction of sp³-hybridized carbons (Fsp3) is 0.382. The highest BCUT2D eigenvalue weighted by atomic mass is 16.2. The van der Waals surface area contributed by atoms with Crippen molar-refractivity contribution in [1.82, 2.24) is 25.8 Å². The lowest BCUT2D eigenvalue weighted by Gasteiger charge is -2.39. The van der Waals surface area contributed by atoms with Gasteiger partial charge in [0.1, 0.15) is 12.1 Å². The van der Waals surface area contributed by atoms with Crippen molar-refractivity contribution in [2.75, 3.05) is 20.1 Å². The first-order valence-electron chi connectivity index (χ1n) is 14.9. The minimum absolute atomic E-state index is 0.0696. The summed E-state index contributed by atoms with van der Waals surface area (Å²) in [5.41, 5.74) is 3.12. The van der Waals surface area contributed by atoms with Crippen LogP contribution in [0.5, 0.6) is 0 Å². The fourth-order valence-electron chi connectivity index (χ4n) is 6.11. The number of nitrogens with zero attached hydrogens (tertiary/aromatic N) is 2. The molecule has 3 aromatic rings. The Kier molecular flexibility index (Phi) is 9.66. The highest BCUT2D eigenvalue weighted by molar-refractivity contribution is 5.94. The van der Waals surface area contributed by atoms with Crippen LogP contribution in [-0.2, 0) is 20.9 Å². The van der Waals surface area contributed by atoms with Crippen molar-refractivity contribution >= 4 is 17.7 Å². The summed E-state index contributed by atoms with van der Waals surface area (Å²) in [6.07, 6.45) is 2.11. The van der Waals surface area contributed by atoms with Crippen molar-refractivity contribution in [3.63, 3.8) is 0 Å². The normalized spacial score (nSPS) is 21.7. The van der Waals surface area contributed by atoms with E-state index in [2.05, 4.69) is 33.0 Å². The molecule has 8 nitrogen and oxygen atoms in total. The summed E-state index contributed by atoms with van der Waals surface area (Å²) in [5, 5.41) is 9.23. The zero-order chi connectivity index (χ0) is 29.5. The van der Waals surface area contributed by atoms with E-state index in [1.54, 1.807) is 18.9 Å². The van der Waals surface area contributed by atoms with Crippen LogP contribution in [0, 0.1) is 0 Å². The quantitative estimate of drug-likeness (QED) is 0.369. The molecule has 0 aromatic heterocycles. The van der Waals surface area contributed by atoms with Gasteiger partial charge in [-0.1, -0.05) is 91.0 Å². The summed E-state index contributed by atoms with van der Waals surface area (Å²) in [6.45, 7) is 3.60. The van der Waals surface area contributed by atoms with Crippen LogP contribution in [-0.4, -0.2) is 71.8 Å². The third kappa shape index (κ3) is 6.89. The van der Waals surface area contributed by atoms with Gasteiger partial charge in [0, 0.05) is 25.7 Å². The molecule has 0 aliphatic carbocycles. The third-order valence-electron chi connectivity index (χ3n) is 8.52. The van der Waals surface area contributed by atoms with Crippen LogP contribution in [0.3, 0.4) is 0 Å². The second kappa shape index (κ2) is 13.8. The minimum Gasteiger partial charge on any atom is -0.343 e. The van der Waals surface area contributed by atoms with Gasteiger partial charge in [0.25, 0.3) is 0 Å². The highest BCUT2D eigenvalue weighted by Gasteiger charge is 2.45. The van der Waals surface area contributed by atoms with E-state index in [0.717, 1.165) is 36.1 Å². The average Bonchev–Trinajstić information content (AvgIpc) is 3.45. The van der Waals surface area contributed by atoms with E-state index >= 15 is 0 Å². The van der Waals surface area contributed by atoms with Gasteiger partial charge in [0.05, 0.1) is 12.1 Å². The summed E-state index contributed by atoms with van der Waals surface area (Å²) in [6, 6.07) is 27.8. The number of amides is 3.